The van der Waals surface area contributed by atoms with E-state index >= 15 is 0 Å². The molecule has 1 aromatic heterocycles. The largest absolute Gasteiger partial charge is 0.465 e. The molecular weight excluding hydrogens is 376 g/mol. The Morgan fingerprint density at radius 3 is 2.21 bits per heavy atom. The van der Waals surface area contributed by atoms with E-state index in [0.717, 1.165) is 25.0 Å². The number of aromatic amines is 1. The van der Waals surface area contributed by atoms with Crippen LogP contribution in [0.2, 0.25) is 0 Å². The van der Waals surface area contributed by atoms with E-state index in [1.54, 1.807) is 30.3 Å². The van der Waals surface area contributed by atoms with Crippen LogP contribution in [0.1, 0.15) is 42.3 Å². The van der Waals surface area contributed by atoms with Crippen molar-refractivity contribution >= 4 is 28.5 Å². The number of aromatic nitrogens is 1. The smallest absolute Gasteiger partial charge is 0.355 e. The second-order valence-electron chi connectivity index (χ2n) is 5.94. The zero-order chi connectivity index (χ0) is 21.1. The number of carbonyl (C=O) groups excluding carboxylic acids is 3. The van der Waals surface area contributed by atoms with Gasteiger partial charge in [-0.05, 0) is 16.8 Å². The summed E-state index contributed by atoms with van der Waals surface area (Å²) < 4.78 is 9.29. The number of ether oxygens (including phenoxy) is 2. The molecule has 0 saturated heterocycles. The molecule has 0 radical (unpaired) electrons. The quantitative estimate of drug-likeness (QED) is 0.534. The predicted octanol–water partition coefficient (Wildman–Crippen LogP) is 2.20. The lowest BCUT2D eigenvalue weighted by atomic mass is 9.93. The van der Waals surface area contributed by atoms with Crippen molar-refractivity contribution in [2.24, 2.45) is 0 Å². The molecule has 2 aromatic carbocycles. The van der Waals surface area contributed by atoms with Crippen molar-refractivity contribution in [3.63, 3.8) is 0 Å². The van der Waals surface area contributed by atoms with Crippen LogP contribution in [-0.4, -0.2) is 36.9 Å². The molecule has 3 aromatic rings. The molecule has 1 heterocycles. The van der Waals surface area contributed by atoms with Crippen molar-refractivity contribution in [2.45, 2.75) is 0 Å². The highest BCUT2D eigenvalue weighted by atomic mass is 16.5. The Hall–Kier alpha value is -4.25. The fourth-order valence-corrected chi connectivity index (χ4v) is 2.97. The number of rotatable bonds is 4. The van der Waals surface area contributed by atoms with E-state index in [0.29, 0.717) is 0 Å². The van der Waals surface area contributed by atoms with Gasteiger partial charge in [0.2, 0.25) is 0 Å². The molecule has 0 saturated carbocycles. The maximum Gasteiger partial charge on any atom is 0.355 e. The van der Waals surface area contributed by atoms with E-state index in [9.17, 15) is 24.4 Å². The van der Waals surface area contributed by atoms with Gasteiger partial charge < -0.3 is 14.5 Å². The number of carbonyl (C=O) groups is 3. The number of pyridine rings is 1. The number of nitrogens with zero attached hydrogens (tertiary/aromatic N) is 1. The molecule has 29 heavy (non-hydrogen) atoms. The third-order valence-corrected chi connectivity index (χ3v) is 4.35. The van der Waals surface area contributed by atoms with Gasteiger partial charge in [0, 0.05) is 5.56 Å². The summed E-state index contributed by atoms with van der Waals surface area (Å²) in [5.74, 6) is -2.88. The van der Waals surface area contributed by atoms with Gasteiger partial charge in [-0.2, -0.15) is 5.26 Å². The molecule has 0 aliphatic heterocycles. The van der Waals surface area contributed by atoms with Gasteiger partial charge in [0.05, 0.1) is 25.3 Å². The molecule has 0 atom stereocenters. The number of ketones is 1. The van der Waals surface area contributed by atoms with Crippen LogP contribution in [0.4, 0.5) is 0 Å². The molecular formula is C21H14N2O6. The average Bonchev–Trinajstić information content (AvgIpc) is 2.76. The first-order chi connectivity index (χ1) is 13.9. The van der Waals surface area contributed by atoms with Crippen molar-refractivity contribution < 1.29 is 23.9 Å². The third kappa shape index (κ3) is 3.37. The minimum atomic E-state index is -1.10. The second kappa shape index (κ2) is 7.78. The first kappa shape index (κ1) is 19.5. The van der Waals surface area contributed by atoms with Crippen molar-refractivity contribution in [3.8, 4) is 6.07 Å². The summed E-state index contributed by atoms with van der Waals surface area (Å²) in [4.78, 5) is 52.3. The fraction of sp³-hybridized carbons (Fsp3) is 0.0952. The predicted molar refractivity (Wildman–Crippen MR) is 102 cm³/mol. The number of fused-ring (bicyclic) bond motifs is 1. The van der Waals surface area contributed by atoms with Gasteiger partial charge in [0.25, 0.3) is 5.56 Å². The molecule has 0 amide bonds. The van der Waals surface area contributed by atoms with Gasteiger partial charge in [-0.15, -0.1) is 0 Å². The summed E-state index contributed by atoms with van der Waals surface area (Å²) in [6.45, 7) is 0. The summed E-state index contributed by atoms with van der Waals surface area (Å²) in [6, 6.07) is 13.7. The lowest BCUT2D eigenvalue weighted by Gasteiger charge is -2.13. The Morgan fingerprint density at radius 2 is 1.59 bits per heavy atom. The summed E-state index contributed by atoms with van der Waals surface area (Å²) in [5.41, 5.74) is -3.07. The molecule has 0 fully saturated rings. The lowest BCUT2D eigenvalue weighted by Crippen LogP contribution is -2.28. The molecule has 0 unspecified atom stereocenters. The van der Waals surface area contributed by atoms with E-state index in [-0.39, 0.29) is 5.56 Å². The summed E-state index contributed by atoms with van der Waals surface area (Å²) in [6.07, 6.45) is 0. The minimum Gasteiger partial charge on any atom is -0.465 e. The first-order valence-corrected chi connectivity index (χ1v) is 8.33. The number of nitriles is 1. The maximum atomic E-state index is 13.3. The van der Waals surface area contributed by atoms with E-state index < -0.39 is 45.7 Å². The summed E-state index contributed by atoms with van der Waals surface area (Å²) >= 11 is 0. The van der Waals surface area contributed by atoms with Crippen LogP contribution in [-0.2, 0) is 9.47 Å². The molecule has 0 aliphatic rings. The zero-order valence-corrected chi connectivity index (χ0v) is 15.4. The van der Waals surface area contributed by atoms with E-state index in [4.69, 9.17) is 0 Å². The summed E-state index contributed by atoms with van der Waals surface area (Å²) in [5, 5.41) is 11.0. The standard InChI is InChI=1S/C21H14N2O6/c1-28-20(26)15-14(10-22)19(25)23-17(21(27)29-2)16(15)18(24)13-8-7-11-5-3-4-6-12(11)9-13/h3-9H,1-2H3,(H,23,25). The molecule has 8 heteroatoms. The second-order valence-corrected chi connectivity index (χ2v) is 5.94. The first-order valence-electron chi connectivity index (χ1n) is 8.33. The van der Waals surface area contributed by atoms with E-state index in [2.05, 4.69) is 14.5 Å². The van der Waals surface area contributed by atoms with Crippen LogP contribution >= 0.6 is 0 Å². The number of esters is 2. The van der Waals surface area contributed by atoms with Crippen molar-refractivity contribution in [2.75, 3.05) is 14.2 Å². The molecule has 144 valence electrons. The molecule has 0 aliphatic carbocycles. The van der Waals surface area contributed by atoms with Crippen molar-refractivity contribution in [1.82, 2.24) is 4.98 Å². The van der Waals surface area contributed by atoms with Crippen LogP contribution in [0, 0.1) is 11.3 Å². The van der Waals surface area contributed by atoms with Crippen LogP contribution < -0.4 is 5.56 Å². The summed E-state index contributed by atoms with van der Waals surface area (Å²) in [7, 11) is 2.09. The van der Waals surface area contributed by atoms with Crippen LogP contribution in [0.15, 0.2) is 47.3 Å². The Bertz CT molecular complexity index is 1270. The Morgan fingerprint density at radius 1 is 0.931 bits per heavy atom. The topological polar surface area (TPSA) is 126 Å². The van der Waals surface area contributed by atoms with Gasteiger partial charge in [-0.25, -0.2) is 9.59 Å². The highest BCUT2D eigenvalue weighted by Crippen LogP contribution is 2.23. The van der Waals surface area contributed by atoms with Gasteiger partial charge in [-0.3, -0.25) is 9.59 Å². The van der Waals surface area contributed by atoms with Gasteiger partial charge in [0.15, 0.2) is 5.78 Å². The molecule has 1 N–H and O–H groups in total. The highest BCUT2D eigenvalue weighted by Gasteiger charge is 2.32. The van der Waals surface area contributed by atoms with E-state index in [1.165, 1.54) is 6.07 Å². The Labute approximate surface area is 164 Å². The van der Waals surface area contributed by atoms with Crippen molar-refractivity contribution in [3.05, 3.63) is 80.8 Å². The number of nitrogens with one attached hydrogen (secondary N) is 1. The highest BCUT2D eigenvalue weighted by molar-refractivity contribution is 6.20. The number of methoxy groups -OCH3 is 2. The fourth-order valence-electron chi connectivity index (χ4n) is 2.97. The van der Waals surface area contributed by atoms with E-state index in [1.807, 2.05) is 12.1 Å². The number of benzene rings is 2. The van der Waals surface area contributed by atoms with Crippen molar-refractivity contribution in [1.29, 1.82) is 5.26 Å². The minimum absolute atomic E-state index is 0.148. The molecule has 3 rings (SSSR count). The van der Waals surface area contributed by atoms with Crippen LogP contribution in [0.3, 0.4) is 0 Å². The number of hydrogen-bond acceptors (Lipinski definition) is 7. The average molecular weight is 390 g/mol. The van der Waals surface area contributed by atoms with Crippen LogP contribution in [0.25, 0.3) is 10.8 Å². The normalized spacial score (nSPS) is 10.2. The monoisotopic (exact) mass is 390 g/mol. The molecule has 0 bridgehead atoms. The van der Waals surface area contributed by atoms with Gasteiger partial charge >= 0.3 is 11.9 Å². The lowest BCUT2D eigenvalue weighted by molar-refractivity contribution is 0.0586. The maximum absolute atomic E-state index is 13.3. The van der Waals surface area contributed by atoms with Crippen LogP contribution in [0.5, 0.6) is 0 Å². The SMILES string of the molecule is COC(=O)c1[nH]c(=O)c(C#N)c(C(=O)OC)c1C(=O)c1ccc2ccccc2c1. The van der Waals surface area contributed by atoms with Gasteiger partial charge in [-0.1, -0.05) is 36.4 Å². The van der Waals surface area contributed by atoms with Gasteiger partial charge in [0.1, 0.15) is 17.3 Å². The number of hydrogen-bond donors (Lipinski definition) is 1. The number of H-pyrrole nitrogens is 1. The molecule has 8 nitrogen and oxygen atoms in total. The molecule has 0 spiro atoms. The third-order valence-electron chi connectivity index (χ3n) is 4.35. The Balaban J connectivity index is 2.36. The Kier molecular flexibility index (Phi) is 5.23. The zero-order valence-electron chi connectivity index (χ0n) is 15.4.